The summed E-state index contributed by atoms with van der Waals surface area (Å²) in [6.45, 7) is 2.30. The van der Waals surface area contributed by atoms with Gasteiger partial charge in [-0.15, -0.1) is 10.2 Å². The van der Waals surface area contributed by atoms with Gasteiger partial charge in [-0.05, 0) is 19.1 Å². The smallest absolute Gasteiger partial charge is 0.233 e. The summed E-state index contributed by atoms with van der Waals surface area (Å²) in [5, 5.41) is 8.85. The summed E-state index contributed by atoms with van der Waals surface area (Å²) in [7, 11) is 3.39. The molecule has 0 aliphatic heterocycles. The van der Waals surface area contributed by atoms with Gasteiger partial charge in [-0.2, -0.15) is 0 Å². The standard InChI is InChI=1S/C14H18N4O2S2/c1-10-16-17-14(22-10)21-9-13(19)18(2)12(8-20-3)11-6-4-5-7-15-11/h4-7,12H,8-9H2,1-3H3/t12-/m0/s1. The highest BCUT2D eigenvalue weighted by Crippen LogP contribution is 2.24. The first-order valence-electron chi connectivity index (χ1n) is 6.70. The molecule has 1 amide bonds. The molecule has 8 heteroatoms. The number of likely N-dealkylation sites (N-methyl/N-ethyl adjacent to an activating group) is 1. The van der Waals surface area contributed by atoms with Crippen LogP contribution >= 0.6 is 23.1 Å². The molecule has 2 rings (SSSR count). The molecule has 0 aliphatic carbocycles. The number of amides is 1. The van der Waals surface area contributed by atoms with Gasteiger partial charge in [0.2, 0.25) is 5.91 Å². The average Bonchev–Trinajstić information content (AvgIpc) is 2.96. The molecule has 0 fully saturated rings. The Bertz CT molecular complexity index is 606. The molecule has 2 aromatic heterocycles. The molecule has 0 radical (unpaired) electrons. The van der Waals surface area contributed by atoms with Gasteiger partial charge < -0.3 is 9.64 Å². The molecule has 0 N–H and O–H groups in total. The van der Waals surface area contributed by atoms with Crippen molar-refractivity contribution in [2.24, 2.45) is 0 Å². The van der Waals surface area contributed by atoms with E-state index in [-0.39, 0.29) is 11.9 Å². The molecule has 0 saturated carbocycles. The Kier molecular flexibility index (Phi) is 6.29. The van der Waals surface area contributed by atoms with Crippen LogP contribution in [0.25, 0.3) is 0 Å². The van der Waals surface area contributed by atoms with E-state index < -0.39 is 0 Å². The molecule has 2 heterocycles. The van der Waals surface area contributed by atoms with Crippen molar-refractivity contribution in [2.45, 2.75) is 17.3 Å². The monoisotopic (exact) mass is 338 g/mol. The number of rotatable bonds is 7. The second-order valence-corrected chi connectivity index (χ2v) is 7.01. The molecule has 118 valence electrons. The van der Waals surface area contributed by atoms with Crippen LogP contribution in [0.15, 0.2) is 28.7 Å². The van der Waals surface area contributed by atoms with E-state index in [1.54, 1.807) is 25.3 Å². The van der Waals surface area contributed by atoms with Crippen molar-refractivity contribution in [1.82, 2.24) is 20.1 Å². The summed E-state index contributed by atoms with van der Waals surface area (Å²) in [6, 6.07) is 5.45. The fourth-order valence-electron chi connectivity index (χ4n) is 1.86. The average molecular weight is 338 g/mol. The first-order valence-corrected chi connectivity index (χ1v) is 8.50. The predicted molar refractivity (Wildman–Crippen MR) is 87.0 cm³/mol. The second-order valence-electron chi connectivity index (χ2n) is 4.61. The van der Waals surface area contributed by atoms with E-state index in [0.29, 0.717) is 12.4 Å². The SMILES string of the molecule is COC[C@@H](c1ccccn1)N(C)C(=O)CSc1nnc(C)s1. The summed E-state index contributed by atoms with van der Waals surface area (Å²) in [5.41, 5.74) is 0.817. The van der Waals surface area contributed by atoms with Crippen LogP contribution in [0.4, 0.5) is 0 Å². The highest BCUT2D eigenvalue weighted by molar-refractivity contribution is 8.01. The van der Waals surface area contributed by atoms with Crippen molar-refractivity contribution in [3.05, 3.63) is 35.1 Å². The van der Waals surface area contributed by atoms with E-state index >= 15 is 0 Å². The quantitative estimate of drug-likeness (QED) is 0.721. The number of hydrogen-bond donors (Lipinski definition) is 0. The minimum Gasteiger partial charge on any atom is -0.382 e. The predicted octanol–water partition coefficient (Wildman–Crippen LogP) is 2.18. The van der Waals surface area contributed by atoms with E-state index in [4.69, 9.17) is 4.74 Å². The Balaban J connectivity index is 2.00. The van der Waals surface area contributed by atoms with Crippen LogP contribution < -0.4 is 0 Å². The van der Waals surface area contributed by atoms with Gasteiger partial charge in [-0.25, -0.2) is 0 Å². The van der Waals surface area contributed by atoms with Gasteiger partial charge in [0, 0.05) is 20.4 Å². The Labute approximate surface area is 137 Å². The highest BCUT2D eigenvalue weighted by atomic mass is 32.2. The zero-order valence-electron chi connectivity index (χ0n) is 12.7. The molecular formula is C14H18N4O2S2. The van der Waals surface area contributed by atoms with Gasteiger partial charge in [0.15, 0.2) is 4.34 Å². The number of carbonyl (C=O) groups excluding carboxylic acids is 1. The van der Waals surface area contributed by atoms with E-state index in [2.05, 4.69) is 15.2 Å². The molecule has 0 saturated heterocycles. The Morgan fingerprint density at radius 3 is 2.86 bits per heavy atom. The zero-order valence-corrected chi connectivity index (χ0v) is 14.4. The van der Waals surface area contributed by atoms with Crippen LogP contribution in [-0.2, 0) is 9.53 Å². The maximum absolute atomic E-state index is 12.4. The number of nitrogens with zero attached hydrogens (tertiary/aromatic N) is 4. The molecule has 0 bridgehead atoms. The number of pyridine rings is 1. The third-order valence-corrected chi connectivity index (χ3v) is 5.00. The van der Waals surface area contributed by atoms with Gasteiger partial charge in [0.25, 0.3) is 0 Å². The van der Waals surface area contributed by atoms with Crippen molar-refractivity contribution in [3.63, 3.8) is 0 Å². The summed E-state index contributed by atoms with van der Waals surface area (Å²) >= 11 is 2.89. The molecule has 0 aromatic carbocycles. The molecule has 6 nitrogen and oxygen atoms in total. The fraction of sp³-hybridized carbons (Fsp3) is 0.429. The van der Waals surface area contributed by atoms with Crippen LogP contribution in [-0.4, -0.2) is 52.5 Å². The number of hydrogen-bond acceptors (Lipinski definition) is 7. The number of carbonyl (C=O) groups is 1. The first-order chi connectivity index (χ1) is 10.6. The molecule has 2 aromatic rings. The van der Waals surface area contributed by atoms with Crippen LogP contribution in [0.3, 0.4) is 0 Å². The number of aryl methyl sites for hydroxylation is 1. The lowest BCUT2D eigenvalue weighted by Crippen LogP contribution is -2.35. The Morgan fingerprint density at radius 1 is 1.45 bits per heavy atom. The zero-order chi connectivity index (χ0) is 15.9. The Hall–Kier alpha value is -1.51. The number of aromatic nitrogens is 3. The van der Waals surface area contributed by atoms with Crippen molar-refractivity contribution in [1.29, 1.82) is 0 Å². The molecular weight excluding hydrogens is 320 g/mol. The topological polar surface area (TPSA) is 68.2 Å². The van der Waals surface area contributed by atoms with Gasteiger partial charge in [0.1, 0.15) is 5.01 Å². The lowest BCUT2D eigenvalue weighted by Gasteiger charge is -2.27. The lowest BCUT2D eigenvalue weighted by atomic mass is 10.1. The van der Waals surface area contributed by atoms with E-state index in [1.807, 2.05) is 25.1 Å². The summed E-state index contributed by atoms with van der Waals surface area (Å²) in [4.78, 5) is 18.4. The summed E-state index contributed by atoms with van der Waals surface area (Å²) < 4.78 is 6.04. The fourth-order valence-corrected chi connectivity index (χ4v) is 3.60. The van der Waals surface area contributed by atoms with E-state index in [9.17, 15) is 4.79 Å². The Morgan fingerprint density at radius 2 is 2.27 bits per heavy atom. The number of thioether (sulfide) groups is 1. The van der Waals surface area contributed by atoms with Gasteiger partial charge in [-0.3, -0.25) is 9.78 Å². The maximum Gasteiger partial charge on any atom is 0.233 e. The van der Waals surface area contributed by atoms with Gasteiger partial charge >= 0.3 is 0 Å². The lowest BCUT2D eigenvalue weighted by molar-refractivity contribution is -0.130. The van der Waals surface area contributed by atoms with Crippen molar-refractivity contribution in [3.8, 4) is 0 Å². The summed E-state index contributed by atoms with van der Waals surface area (Å²) in [5.74, 6) is 0.323. The van der Waals surface area contributed by atoms with Crippen molar-refractivity contribution in [2.75, 3.05) is 26.5 Å². The molecule has 0 aliphatic rings. The van der Waals surface area contributed by atoms with Crippen molar-refractivity contribution >= 4 is 29.0 Å². The van der Waals surface area contributed by atoms with Crippen molar-refractivity contribution < 1.29 is 9.53 Å². The molecule has 22 heavy (non-hydrogen) atoms. The van der Waals surface area contributed by atoms with Crippen LogP contribution in [0.2, 0.25) is 0 Å². The highest BCUT2D eigenvalue weighted by Gasteiger charge is 2.23. The van der Waals surface area contributed by atoms with Gasteiger partial charge in [-0.1, -0.05) is 29.2 Å². The van der Waals surface area contributed by atoms with Crippen LogP contribution in [0.1, 0.15) is 16.7 Å². The number of methoxy groups -OCH3 is 1. The van der Waals surface area contributed by atoms with E-state index in [1.165, 1.54) is 23.1 Å². The number of ether oxygens (including phenoxy) is 1. The maximum atomic E-state index is 12.4. The molecule has 1 atom stereocenters. The first kappa shape index (κ1) is 16.9. The van der Waals surface area contributed by atoms with Gasteiger partial charge in [0.05, 0.1) is 24.1 Å². The van der Waals surface area contributed by atoms with Crippen LogP contribution in [0.5, 0.6) is 0 Å². The molecule has 0 spiro atoms. The minimum absolute atomic E-state index is 0.00514. The third-order valence-electron chi connectivity index (χ3n) is 3.04. The molecule has 0 unspecified atom stereocenters. The normalized spacial score (nSPS) is 12.1. The van der Waals surface area contributed by atoms with E-state index in [0.717, 1.165) is 15.0 Å². The van der Waals surface area contributed by atoms with Crippen LogP contribution in [0, 0.1) is 6.92 Å². The minimum atomic E-state index is -0.199. The summed E-state index contributed by atoms with van der Waals surface area (Å²) in [6.07, 6.45) is 1.72. The second kappa shape index (κ2) is 8.21. The largest absolute Gasteiger partial charge is 0.382 e. The third kappa shape index (κ3) is 4.49.